The number of hydrogen-bond acceptors (Lipinski definition) is 5. The highest BCUT2D eigenvalue weighted by Gasteiger charge is 2.34. The first kappa shape index (κ1) is 24.6. The van der Waals surface area contributed by atoms with Crippen LogP contribution >= 0.6 is 0 Å². The van der Waals surface area contributed by atoms with Crippen molar-refractivity contribution in [1.82, 2.24) is 19.8 Å². The first-order chi connectivity index (χ1) is 18.0. The average Bonchev–Trinajstić information content (AvgIpc) is 3.48. The zero-order valence-electron chi connectivity index (χ0n) is 21.9. The van der Waals surface area contributed by atoms with E-state index in [1.54, 1.807) is 6.07 Å². The zero-order valence-corrected chi connectivity index (χ0v) is 21.9. The van der Waals surface area contributed by atoms with Crippen molar-refractivity contribution in [2.75, 3.05) is 39.8 Å². The molecule has 6 rings (SSSR count). The van der Waals surface area contributed by atoms with Crippen LogP contribution in [0, 0.1) is 36.4 Å². The average molecular weight is 505 g/mol. The maximum atomic E-state index is 14.0. The smallest absolute Gasteiger partial charge is 0.340 e. The predicted molar refractivity (Wildman–Crippen MR) is 143 cm³/mol. The minimum atomic E-state index is -0.549. The molecule has 1 N–H and O–H groups in total. The third kappa shape index (κ3) is 4.91. The van der Waals surface area contributed by atoms with Gasteiger partial charge in [-0.3, -0.25) is 4.98 Å². The lowest BCUT2D eigenvalue weighted by Gasteiger charge is -2.40. The van der Waals surface area contributed by atoms with Crippen molar-refractivity contribution in [2.24, 2.45) is 23.7 Å². The molecule has 3 aromatic rings. The monoisotopic (exact) mass is 504 g/mol. The number of carbonyl (C=O) groups is 1. The van der Waals surface area contributed by atoms with E-state index in [0.717, 1.165) is 41.8 Å². The Balaban J connectivity index is 1.23. The molecule has 2 aromatic heterocycles. The Morgan fingerprint density at radius 3 is 2.76 bits per heavy atom. The number of likely N-dealkylation sites (tertiary alicyclic amines) is 1. The topological polar surface area (TPSA) is 59.4 Å². The van der Waals surface area contributed by atoms with Crippen molar-refractivity contribution in [2.45, 2.75) is 39.0 Å². The second-order valence-corrected chi connectivity index (χ2v) is 11.6. The number of nitrogens with one attached hydrogen (secondary N) is 1. The zero-order chi connectivity index (χ0) is 25.5. The fourth-order valence-corrected chi connectivity index (χ4v) is 7.39. The van der Waals surface area contributed by atoms with Crippen LogP contribution in [0.25, 0.3) is 16.6 Å². The number of rotatable bonds is 6. The summed E-state index contributed by atoms with van der Waals surface area (Å²) in [6.45, 7) is 8.07. The summed E-state index contributed by atoms with van der Waals surface area (Å²) in [6.07, 6.45) is 12.2. The first-order valence-corrected chi connectivity index (χ1v) is 13.7. The third-order valence-corrected chi connectivity index (χ3v) is 8.87. The SMILES string of the molecule is COC(=O)c1cc(F)ccc1-n1cc(C[C@@H]2CCN(CC3CC4CNCC(C4)C3)C2)c2c(C)cncc21. The van der Waals surface area contributed by atoms with Crippen LogP contribution < -0.4 is 5.32 Å². The van der Waals surface area contributed by atoms with Crippen LogP contribution in [0.15, 0.2) is 36.8 Å². The molecular weight excluding hydrogens is 467 g/mol. The second kappa shape index (κ2) is 10.2. The predicted octanol–water partition coefficient (Wildman–Crippen LogP) is 4.76. The van der Waals surface area contributed by atoms with Crippen LogP contribution in [-0.4, -0.2) is 60.3 Å². The largest absolute Gasteiger partial charge is 0.465 e. The fraction of sp³-hybridized carbons (Fsp3) is 0.533. The highest BCUT2D eigenvalue weighted by Crippen LogP contribution is 2.37. The van der Waals surface area contributed by atoms with Gasteiger partial charge in [0, 0.05) is 30.9 Å². The molecule has 4 heterocycles. The summed E-state index contributed by atoms with van der Waals surface area (Å²) in [5.41, 5.74) is 4.14. The third-order valence-electron chi connectivity index (χ3n) is 8.87. The van der Waals surface area contributed by atoms with Crippen LogP contribution in [-0.2, 0) is 11.2 Å². The van der Waals surface area contributed by atoms with E-state index in [1.165, 1.54) is 82.1 Å². The normalized spacial score (nSPS) is 26.0. The number of ether oxygens (including phenoxy) is 1. The maximum Gasteiger partial charge on any atom is 0.340 e. The van der Waals surface area contributed by atoms with E-state index < -0.39 is 11.8 Å². The number of carbonyl (C=O) groups excluding carboxylic acids is 1. The van der Waals surface area contributed by atoms with Gasteiger partial charge in [-0.1, -0.05) is 0 Å². The molecule has 0 radical (unpaired) electrons. The number of piperidine rings is 1. The summed E-state index contributed by atoms with van der Waals surface area (Å²) in [4.78, 5) is 19.6. The van der Waals surface area contributed by atoms with Crippen LogP contribution in [0.3, 0.4) is 0 Å². The van der Waals surface area contributed by atoms with Crippen molar-refractivity contribution in [3.63, 3.8) is 0 Å². The number of aromatic nitrogens is 2. The Hall–Kier alpha value is -2.77. The lowest BCUT2D eigenvalue weighted by atomic mass is 9.73. The minimum absolute atomic E-state index is 0.215. The molecule has 0 amide bonds. The Morgan fingerprint density at radius 2 is 1.97 bits per heavy atom. The molecule has 2 bridgehead atoms. The first-order valence-electron chi connectivity index (χ1n) is 13.7. The van der Waals surface area contributed by atoms with Gasteiger partial charge in [-0.15, -0.1) is 0 Å². The number of hydrogen-bond donors (Lipinski definition) is 1. The number of nitrogens with zero attached hydrogens (tertiary/aromatic N) is 3. The van der Waals surface area contributed by atoms with Gasteiger partial charge in [0.1, 0.15) is 5.82 Å². The van der Waals surface area contributed by atoms with Gasteiger partial charge < -0.3 is 19.5 Å². The van der Waals surface area contributed by atoms with Crippen molar-refractivity contribution < 1.29 is 13.9 Å². The molecule has 2 saturated heterocycles. The number of esters is 1. The second-order valence-electron chi connectivity index (χ2n) is 11.6. The van der Waals surface area contributed by atoms with Crippen molar-refractivity contribution in [1.29, 1.82) is 0 Å². The lowest BCUT2D eigenvalue weighted by molar-refractivity contribution is 0.0600. The minimum Gasteiger partial charge on any atom is -0.465 e. The molecule has 196 valence electrons. The van der Waals surface area contributed by atoms with E-state index >= 15 is 0 Å². The van der Waals surface area contributed by atoms with Crippen LogP contribution in [0.2, 0.25) is 0 Å². The number of methoxy groups -OCH3 is 1. The van der Waals surface area contributed by atoms with E-state index in [1.807, 2.05) is 17.0 Å². The highest BCUT2D eigenvalue weighted by molar-refractivity contribution is 5.95. The van der Waals surface area contributed by atoms with Crippen molar-refractivity contribution in [3.8, 4) is 5.69 Å². The number of fused-ring (bicyclic) bond motifs is 3. The van der Waals surface area contributed by atoms with Gasteiger partial charge in [0.2, 0.25) is 0 Å². The number of aryl methyl sites for hydroxylation is 1. The van der Waals surface area contributed by atoms with E-state index in [0.29, 0.717) is 11.6 Å². The summed E-state index contributed by atoms with van der Waals surface area (Å²) in [6, 6.07) is 4.29. The van der Waals surface area contributed by atoms with E-state index in [9.17, 15) is 9.18 Å². The Kier molecular flexibility index (Phi) is 6.76. The maximum absolute atomic E-state index is 14.0. The van der Waals surface area contributed by atoms with Crippen LogP contribution in [0.5, 0.6) is 0 Å². The van der Waals surface area contributed by atoms with E-state index in [4.69, 9.17) is 4.74 Å². The van der Waals surface area contributed by atoms with Gasteiger partial charge in [0.15, 0.2) is 0 Å². The van der Waals surface area contributed by atoms with Gasteiger partial charge in [-0.25, -0.2) is 9.18 Å². The molecule has 3 aliphatic rings. The summed E-state index contributed by atoms with van der Waals surface area (Å²) < 4.78 is 21.0. The fourth-order valence-electron chi connectivity index (χ4n) is 7.39. The molecule has 3 fully saturated rings. The highest BCUT2D eigenvalue weighted by atomic mass is 19.1. The Labute approximate surface area is 218 Å². The van der Waals surface area contributed by atoms with E-state index in [-0.39, 0.29) is 5.56 Å². The molecule has 6 nitrogen and oxygen atoms in total. The van der Waals surface area contributed by atoms with Gasteiger partial charge in [-0.2, -0.15) is 0 Å². The molecule has 1 saturated carbocycles. The van der Waals surface area contributed by atoms with Gasteiger partial charge in [-0.05, 0) is 112 Å². The molecule has 1 aliphatic carbocycles. The number of pyridine rings is 1. The van der Waals surface area contributed by atoms with Gasteiger partial charge >= 0.3 is 5.97 Å². The Morgan fingerprint density at radius 1 is 1.16 bits per heavy atom. The number of benzene rings is 1. The molecule has 2 unspecified atom stereocenters. The Bertz CT molecular complexity index is 1290. The standard InChI is InChI=1S/C30H37FN4O2/c1-19-12-32-15-28-29(19)24(18-35(28)27-4-3-25(31)11-26(27)30(36)37-2)10-20-5-6-34(16-20)17-23-8-21-7-22(9-23)14-33-13-21/h3-4,11-12,15,18,20-23,33H,5-10,13-14,16-17H2,1-2H3/t20-,21?,22?,23?/m0/s1. The molecule has 3 atom stereocenters. The molecule has 0 spiro atoms. The van der Waals surface area contributed by atoms with Gasteiger partial charge in [0.05, 0.1) is 30.1 Å². The van der Waals surface area contributed by atoms with Crippen molar-refractivity contribution in [3.05, 3.63) is 59.3 Å². The van der Waals surface area contributed by atoms with E-state index in [2.05, 4.69) is 28.3 Å². The summed E-state index contributed by atoms with van der Waals surface area (Å²) >= 11 is 0. The molecule has 1 aromatic carbocycles. The molecule has 7 heteroatoms. The summed E-state index contributed by atoms with van der Waals surface area (Å²) in [5, 5.41) is 4.80. The van der Waals surface area contributed by atoms with Crippen LogP contribution in [0.1, 0.15) is 47.2 Å². The molecule has 2 aliphatic heterocycles. The summed E-state index contributed by atoms with van der Waals surface area (Å²) in [7, 11) is 1.32. The van der Waals surface area contributed by atoms with Gasteiger partial charge in [0.25, 0.3) is 0 Å². The summed E-state index contributed by atoms with van der Waals surface area (Å²) in [5.74, 6) is 2.19. The molecular formula is C30H37FN4O2. The lowest BCUT2D eigenvalue weighted by Crippen LogP contribution is -2.43. The van der Waals surface area contributed by atoms with Crippen LogP contribution in [0.4, 0.5) is 4.39 Å². The van der Waals surface area contributed by atoms with Crippen molar-refractivity contribution >= 4 is 16.9 Å². The quantitative estimate of drug-likeness (QED) is 0.491. The number of halogens is 1. The molecule has 37 heavy (non-hydrogen) atoms.